The second-order valence-electron chi connectivity index (χ2n) is 7.81. The number of hydrogen-bond acceptors (Lipinski definition) is 5. The Labute approximate surface area is 176 Å². The zero-order chi connectivity index (χ0) is 20.2. The number of carbonyl (C=O) groups is 2. The van der Waals surface area contributed by atoms with Crippen molar-refractivity contribution in [3.63, 3.8) is 0 Å². The van der Waals surface area contributed by atoms with Crippen molar-refractivity contribution in [3.05, 3.63) is 46.7 Å². The maximum Gasteiger partial charge on any atom is 0.264 e. The molecule has 1 N–H and O–H groups in total. The van der Waals surface area contributed by atoms with E-state index in [-0.39, 0.29) is 11.8 Å². The van der Waals surface area contributed by atoms with E-state index in [1.54, 1.807) is 4.90 Å². The number of piperidine rings is 1. The number of nitrogens with zero attached hydrogens (tertiary/aromatic N) is 3. The van der Waals surface area contributed by atoms with Gasteiger partial charge in [0.2, 0.25) is 5.91 Å². The van der Waals surface area contributed by atoms with Gasteiger partial charge in [-0.15, -0.1) is 11.3 Å². The molecule has 1 atom stereocenters. The zero-order valence-corrected chi connectivity index (χ0v) is 17.7. The topological polar surface area (TPSA) is 55.9 Å². The molecule has 0 spiro atoms. The van der Waals surface area contributed by atoms with Crippen LogP contribution in [0, 0.1) is 0 Å². The molecule has 6 nitrogen and oxygen atoms in total. The van der Waals surface area contributed by atoms with Crippen LogP contribution in [0.4, 0.5) is 11.4 Å². The highest BCUT2D eigenvalue weighted by molar-refractivity contribution is 7.12. The van der Waals surface area contributed by atoms with E-state index in [0.717, 1.165) is 44.7 Å². The van der Waals surface area contributed by atoms with E-state index in [4.69, 9.17) is 0 Å². The van der Waals surface area contributed by atoms with Crippen LogP contribution >= 0.6 is 11.3 Å². The van der Waals surface area contributed by atoms with Crippen LogP contribution in [0.15, 0.2) is 41.8 Å². The average molecular weight is 413 g/mol. The number of benzene rings is 1. The standard InChI is InChI=1S/C22H28N4O2S/c1-24-12-14-25(15-13-24)18-9-7-17(8-10-18)23-21(27)19-5-2-3-11-26(19)22(28)20-6-4-16-29-20/h4,6-10,16,19H,2-3,5,11-15H2,1H3,(H,23,27). The number of piperazine rings is 1. The molecule has 2 saturated heterocycles. The highest BCUT2D eigenvalue weighted by Gasteiger charge is 2.33. The molecular formula is C22H28N4O2S. The summed E-state index contributed by atoms with van der Waals surface area (Å²) in [4.78, 5) is 32.9. The summed E-state index contributed by atoms with van der Waals surface area (Å²) in [6.45, 7) is 4.80. The molecule has 0 aliphatic carbocycles. The van der Waals surface area contributed by atoms with Gasteiger partial charge in [0, 0.05) is 44.1 Å². The monoisotopic (exact) mass is 412 g/mol. The Kier molecular flexibility index (Phi) is 6.16. The fourth-order valence-corrected chi connectivity index (χ4v) is 4.71. The van der Waals surface area contributed by atoms with Crippen molar-refractivity contribution in [1.29, 1.82) is 0 Å². The largest absolute Gasteiger partial charge is 0.369 e. The number of anilines is 2. The summed E-state index contributed by atoms with van der Waals surface area (Å²) in [7, 11) is 2.15. The molecule has 3 heterocycles. The fraction of sp³-hybridized carbons (Fsp3) is 0.455. The molecule has 2 amide bonds. The Hall–Kier alpha value is -2.38. The minimum Gasteiger partial charge on any atom is -0.369 e. The molecule has 1 unspecified atom stereocenters. The molecule has 1 aromatic heterocycles. The van der Waals surface area contributed by atoms with Gasteiger partial charge in [0.25, 0.3) is 5.91 Å². The fourth-order valence-electron chi connectivity index (χ4n) is 4.03. The van der Waals surface area contributed by atoms with Crippen LogP contribution in [0.1, 0.15) is 28.9 Å². The van der Waals surface area contributed by atoms with Crippen LogP contribution in [0.3, 0.4) is 0 Å². The van der Waals surface area contributed by atoms with Gasteiger partial charge in [0.1, 0.15) is 6.04 Å². The van der Waals surface area contributed by atoms with Gasteiger partial charge in [0.05, 0.1) is 4.88 Å². The smallest absolute Gasteiger partial charge is 0.264 e. The van der Waals surface area contributed by atoms with Gasteiger partial charge in [-0.3, -0.25) is 9.59 Å². The third-order valence-electron chi connectivity index (χ3n) is 5.80. The van der Waals surface area contributed by atoms with E-state index in [0.29, 0.717) is 17.8 Å². The van der Waals surface area contributed by atoms with Crippen LogP contribution in [-0.2, 0) is 4.79 Å². The first-order valence-electron chi connectivity index (χ1n) is 10.3. The van der Waals surface area contributed by atoms with Crippen molar-refractivity contribution in [3.8, 4) is 0 Å². The number of rotatable bonds is 4. The Morgan fingerprint density at radius 2 is 1.76 bits per heavy atom. The third kappa shape index (κ3) is 4.62. The number of amides is 2. The van der Waals surface area contributed by atoms with Crippen molar-refractivity contribution in [2.45, 2.75) is 25.3 Å². The Morgan fingerprint density at radius 3 is 2.45 bits per heavy atom. The molecule has 2 fully saturated rings. The van der Waals surface area contributed by atoms with Gasteiger partial charge >= 0.3 is 0 Å². The van der Waals surface area contributed by atoms with Gasteiger partial charge in [-0.1, -0.05) is 6.07 Å². The molecule has 0 radical (unpaired) electrons. The molecule has 2 aliphatic rings. The number of likely N-dealkylation sites (tertiary alicyclic amines) is 1. The maximum absolute atomic E-state index is 13.0. The predicted octanol–water partition coefficient (Wildman–Crippen LogP) is 3.13. The number of hydrogen-bond donors (Lipinski definition) is 1. The summed E-state index contributed by atoms with van der Waals surface area (Å²) in [5, 5.41) is 4.92. The van der Waals surface area contributed by atoms with Crippen LogP contribution in [0.5, 0.6) is 0 Å². The van der Waals surface area contributed by atoms with Gasteiger partial charge < -0.3 is 20.0 Å². The van der Waals surface area contributed by atoms with Crippen LogP contribution in [0.2, 0.25) is 0 Å². The summed E-state index contributed by atoms with van der Waals surface area (Å²) in [5.74, 6) is -0.132. The summed E-state index contributed by atoms with van der Waals surface area (Å²) in [6.07, 6.45) is 2.62. The highest BCUT2D eigenvalue weighted by atomic mass is 32.1. The molecule has 2 aromatic rings. The lowest BCUT2D eigenvalue weighted by Crippen LogP contribution is -2.49. The van der Waals surface area contributed by atoms with Crippen molar-refractivity contribution in [2.24, 2.45) is 0 Å². The molecule has 4 rings (SSSR count). The second-order valence-corrected chi connectivity index (χ2v) is 8.76. The molecular weight excluding hydrogens is 384 g/mol. The van der Waals surface area contributed by atoms with Crippen molar-refractivity contribution < 1.29 is 9.59 Å². The third-order valence-corrected chi connectivity index (χ3v) is 6.66. The Balaban J connectivity index is 1.40. The minimum absolute atomic E-state index is 0.0368. The van der Waals surface area contributed by atoms with E-state index in [1.165, 1.54) is 17.0 Å². The summed E-state index contributed by atoms with van der Waals surface area (Å²) >= 11 is 1.43. The first kappa shape index (κ1) is 19.9. The quantitative estimate of drug-likeness (QED) is 0.838. The van der Waals surface area contributed by atoms with Crippen LogP contribution in [-0.4, -0.2) is 67.4 Å². The first-order valence-corrected chi connectivity index (χ1v) is 11.2. The van der Waals surface area contributed by atoms with Crippen LogP contribution in [0.25, 0.3) is 0 Å². The van der Waals surface area contributed by atoms with E-state index in [1.807, 2.05) is 29.6 Å². The number of thiophene rings is 1. The van der Waals surface area contributed by atoms with Crippen molar-refractivity contribution in [1.82, 2.24) is 9.80 Å². The van der Waals surface area contributed by atoms with Gasteiger partial charge in [-0.2, -0.15) is 0 Å². The summed E-state index contributed by atoms with van der Waals surface area (Å²) in [6, 6.07) is 11.3. The van der Waals surface area contributed by atoms with Crippen LogP contribution < -0.4 is 10.2 Å². The normalized spacial score (nSPS) is 20.5. The number of carbonyl (C=O) groups excluding carboxylic acids is 2. The first-order chi connectivity index (χ1) is 14.1. The van der Waals surface area contributed by atoms with E-state index in [2.05, 4.69) is 34.3 Å². The molecule has 0 saturated carbocycles. The minimum atomic E-state index is -0.407. The van der Waals surface area contributed by atoms with Gasteiger partial charge in [0.15, 0.2) is 0 Å². The molecule has 0 bridgehead atoms. The average Bonchev–Trinajstić information content (AvgIpc) is 3.29. The highest BCUT2D eigenvalue weighted by Crippen LogP contribution is 2.24. The molecule has 2 aliphatic heterocycles. The zero-order valence-electron chi connectivity index (χ0n) is 16.8. The molecule has 154 valence electrons. The van der Waals surface area contributed by atoms with E-state index < -0.39 is 6.04 Å². The molecule has 29 heavy (non-hydrogen) atoms. The van der Waals surface area contributed by atoms with Crippen molar-refractivity contribution >= 4 is 34.5 Å². The van der Waals surface area contributed by atoms with Gasteiger partial charge in [-0.25, -0.2) is 0 Å². The second kappa shape index (κ2) is 8.97. The van der Waals surface area contributed by atoms with Gasteiger partial charge in [-0.05, 0) is 62.0 Å². The Morgan fingerprint density at radius 1 is 1.00 bits per heavy atom. The lowest BCUT2D eigenvalue weighted by atomic mass is 10.0. The predicted molar refractivity (Wildman–Crippen MR) is 118 cm³/mol. The number of likely N-dealkylation sites (N-methyl/N-ethyl adjacent to an activating group) is 1. The Bertz CT molecular complexity index is 829. The molecule has 7 heteroatoms. The lowest BCUT2D eigenvalue weighted by molar-refractivity contribution is -0.121. The molecule has 1 aromatic carbocycles. The van der Waals surface area contributed by atoms with E-state index in [9.17, 15) is 9.59 Å². The SMILES string of the molecule is CN1CCN(c2ccc(NC(=O)C3CCCCN3C(=O)c3cccs3)cc2)CC1. The van der Waals surface area contributed by atoms with E-state index >= 15 is 0 Å². The summed E-state index contributed by atoms with van der Waals surface area (Å²) < 4.78 is 0. The number of nitrogens with one attached hydrogen (secondary N) is 1. The lowest BCUT2D eigenvalue weighted by Gasteiger charge is -2.35. The van der Waals surface area contributed by atoms with Crippen molar-refractivity contribution in [2.75, 3.05) is 50.0 Å². The summed E-state index contributed by atoms with van der Waals surface area (Å²) in [5.41, 5.74) is 1.96. The maximum atomic E-state index is 13.0.